The number of hydroxylamine groups is 1. The van der Waals surface area contributed by atoms with Gasteiger partial charge in [0.1, 0.15) is 11.4 Å². The van der Waals surface area contributed by atoms with Crippen molar-refractivity contribution in [2.45, 2.75) is 51.7 Å². The van der Waals surface area contributed by atoms with E-state index in [1.165, 1.54) is 0 Å². The van der Waals surface area contributed by atoms with Gasteiger partial charge in [-0.15, -0.1) is 0 Å². The standard InChI is InChI=1S/C12H23N3O3/c1-12(2,3)18-11(16)15-8-6-5-7-9(15)10(13-4)14-17/h9,17H,5-8H2,1-4H3,(H,13,14). The zero-order chi connectivity index (χ0) is 13.8. The van der Waals surface area contributed by atoms with Crippen molar-refractivity contribution < 1.29 is 14.7 Å². The topological polar surface area (TPSA) is 74.2 Å². The van der Waals surface area contributed by atoms with Crippen LogP contribution in [-0.4, -0.2) is 47.3 Å². The summed E-state index contributed by atoms with van der Waals surface area (Å²) in [5.74, 6) is 0.403. The molecule has 1 heterocycles. The summed E-state index contributed by atoms with van der Waals surface area (Å²) in [4.78, 5) is 17.7. The lowest BCUT2D eigenvalue weighted by Gasteiger charge is -2.36. The van der Waals surface area contributed by atoms with Gasteiger partial charge in [0.15, 0.2) is 0 Å². The van der Waals surface area contributed by atoms with Crippen LogP contribution in [0.15, 0.2) is 4.99 Å². The summed E-state index contributed by atoms with van der Waals surface area (Å²) in [7, 11) is 1.58. The van der Waals surface area contributed by atoms with E-state index in [9.17, 15) is 4.79 Å². The molecule has 6 heteroatoms. The number of rotatable bonds is 1. The van der Waals surface area contributed by atoms with Gasteiger partial charge in [-0.2, -0.15) is 0 Å². The maximum Gasteiger partial charge on any atom is 0.410 e. The molecular formula is C12H23N3O3. The fraction of sp³-hybridized carbons (Fsp3) is 0.833. The van der Waals surface area contributed by atoms with Crippen molar-refractivity contribution in [1.82, 2.24) is 10.4 Å². The highest BCUT2D eigenvalue weighted by Crippen LogP contribution is 2.20. The number of hydrogen-bond donors (Lipinski definition) is 2. The Bertz CT molecular complexity index is 323. The molecule has 1 fully saturated rings. The number of aliphatic imine (C=N–C) groups is 1. The van der Waals surface area contributed by atoms with Gasteiger partial charge in [-0.1, -0.05) is 0 Å². The van der Waals surface area contributed by atoms with Crippen LogP contribution in [0, 0.1) is 0 Å². The van der Waals surface area contributed by atoms with Crippen molar-refractivity contribution in [2.24, 2.45) is 4.99 Å². The monoisotopic (exact) mass is 257 g/mol. The third-order valence-corrected chi connectivity index (χ3v) is 2.80. The maximum absolute atomic E-state index is 12.1. The molecule has 0 aromatic rings. The first-order valence-corrected chi connectivity index (χ1v) is 6.25. The van der Waals surface area contributed by atoms with Crippen LogP contribution in [0.3, 0.4) is 0 Å². The van der Waals surface area contributed by atoms with E-state index in [0.717, 1.165) is 19.3 Å². The van der Waals surface area contributed by atoms with Crippen molar-refractivity contribution in [3.63, 3.8) is 0 Å². The van der Waals surface area contributed by atoms with E-state index in [2.05, 4.69) is 10.5 Å². The molecule has 0 saturated carbocycles. The van der Waals surface area contributed by atoms with Gasteiger partial charge in [-0.05, 0) is 40.0 Å². The molecule has 0 aromatic carbocycles. The summed E-state index contributed by atoms with van der Waals surface area (Å²) in [6, 6.07) is -0.233. The number of nitrogens with zero attached hydrogens (tertiary/aromatic N) is 2. The molecule has 1 saturated heterocycles. The number of piperidine rings is 1. The molecular weight excluding hydrogens is 234 g/mol. The second-order valence-electron chi connectivity index (χ2n) is 5.41. The Labute approximate surface area is 108 Å². The largest absolute Gasteiger partial charge is 0.444 e. The summed E-state index contributed by atoms with van der Waals surface area (Å²) in [5, 5.41) is 9.05. The van der Waals surface area contributed by atoms with Gasteiger partial charge in [0, 0.05) is 13.6 Å². The van der Waals surface area contributed by atoms with Gasteiger partial charge in [-0.25, -0.2) is 4.79 Å². The highest BCUT2D eigenvalue weighted by Gasteiger charge is 2.33. The van der Waals surface area contributed by atoms with E-state index in [0.29, 0.717) is 12.4 Å². The second-order valence-corrected chi connectivity index (χ2v) is 5.41. The molecule has 6 nitrogen and oxygen atoms in total. The van der Waals surface area contributed by atoms with Crippen molar-refractivity contribution in [1.29, 1.82) is 0 Å². The molecule has 1 amide bonds. The molecule has 1 rings (SSSR count). The highest BCUT2D eigenvalue weighted by atomic mass is 16.6. The van der Waals surface area contributed by atoms with Crippen molar-refractivity contribution in [2.75, 3.05) is 13.6 Å². The van der Waals surface area contributed by atoms with Gasteiger partial charge < -0.3 is 4.74 Å². The van der Waals surface area contributed by atoms with Crippen LogP contribution in [0.25, 0.3) is 0 Å². The first-order valence-electron chi connectivity index (χ1n) is 6.25. The Hall–Kier alpha value is -1.30. The Morgan fingerprint density at radius 3 is 2.61 bits per heavy atom. The number of amides is 1. The molecule has 0 aromatic heterocycles. The number of carbonyl (C=O) groups is 1. The summed E-state index contributed by atoms with van der Waals surface area (Å²) >= 11 is 0. The lowest BCUT2D eigenvalue weighted by atomic mass is 10.0. The number of nitrogens with one attached hydrogen (secondary N) is 1. The van der Waals surface area contributed by atoms with Gasteiger partial charge in [-0.3, -0.25) is 20.6 Å². The normalized spacial score (nSPS) is 21.7. The average molecular weight is 257 g/mol. The number of hydrogen-bond acceptors (Lipinski definition) is 4. The molecule has 0 spiro atoms. The molecule has 1 aliphatic rings. The lowest BCUT2D eigenvalue weighted by Crippen LogP contribution is -2.52. The van der Waals surface area contributed by atoms with Crippen LogP contribution in [0.1, 0.15) is 40.0 Å². The number of ether oxygens (including phenoxy) is 1. The fourth-order valence-corrected chi connectivity index (χ4v) is 2.03. The third kappa shape index (κ3) is 3.87. The van der Waals surface area contributed by atoms with Crippen LogP contribution >= 0.6 is 0 Å². The molecule has 104 valence electrons. The van der Waals surface area contributed by atoms with Crippen molar-refractivity contribution in [3.05, 3.63) is 0 Å². The Kier molecular flexibility index (Phi) is 4.95. The van der Waals surface area contributed by atoms with E-state index < -0.39 is 5.60 Å². The quantitative estimate of drug-likeness (QED) is 0.426. The minimum absolute atomic E-state index is 0.233. The van der Waals surface area contributed by atoms with E-state index in [1.54, 1.807) is 11.9 Å². The number of carbonyl (C=O) groups excluding carboxylic acids is 1. The van der Waals surface area contributed by atoms with Gasteiger partial charge >= 0.3 is 6.09 Å². The maximum atomic E-state index is 12.1. The zero-order valence-electron chi connectivity index (χ0n) is 11.6. The minimum Gasteiger partial charge on any atom is -0.444 e. The summed E-state index contributed by atoms with van der Waals surface area (Å²) in [6.07, 6.45) is 2.37. The van der Waals surface area contributed by atoms with Crippen LogP contribution in [0.4, 0.5) is 4.79 Å². The fourth-order valence-electron chi connectivity index (χ4n) is 2.03. The van der Waals surface area contributed by atoms with Crippen LogP contribution in [-0.2, 0) is 4.74 Å². The summed E-state index contributed by atoms with van der Waals surface area (Å²) < 4.78 is 5.37. The smallest absolute Gasteiger partial charge is 0.410 e. The first kappa shape index (κ1) is 14.8. The third-order valence-electron chi connectivity index (χ3n) is 2.80. The molecule has 2 N–H and O–H groups in total. The summed E-state index contributed by atoms with van der Waals surface area (Å²) in [6.45, 7) is 6.13. The second kappa shape index (κ2) is 6.04. The molecule has 0 bridgehead atoms. The molecule has 1 unspecified atom stereocenters. The van der Waals surface area contributed by atoms with E-state index in [-0.39, 0.29) is 12.1 Å². The SMILES string of the molecule is CN=C(NO)C1CCCCN1C(=O)OC(C)(C)C. The Morgan fingerprint density at radius 1 is 1.44 bits per heavy atom. The average Bonchev–Trinajstić information content (AvgIpc) is 2.29. The van der Waals surface area contributed by atoms with Crippen molar-refractivity contribution in [3.8, 4) is 0 Å². The molecule has 1 aliphatic heterocycles. The zero-order valence-corrected chi connectivity index (χ0v) is 11.6. The van der Waals surface area contributed by atoms with Crippen molar-refractivity contribution >= 4 is 11.9 Å². The van der Waals surface area contributed by atoms with E-state index in [1.807, 2.05) is 20.8 Å². The number of amidine groups is 1. The molecule has 1 atom stereocenters. The highest BCUT2D eigenvalue weighted by molar-refractivity contribution is 5.89. The molecule has 0 aliphatic carbocycles. The van der Waals surface area contributed by atoms with Gasteiger partial charge in [0.05, 0.1) is 6.04 Å². The van der Waals surface area contributed by atoms with Crippen LogP contribution in [0.2, 0.25) is 0 Å². The number of likely N-dealkylation sites (tertiary alicyclic amines) is 1. The van der Waals surface area contributed by atoms with Gasteiger partial charge in [0.25, 0.3) is 0 Å². The van der Waals surface area contributed by atoms with Gasteiger partial charge in [0.2, 0.25) is 0 Å². The first-order chi connectivity index (χ1) is 8.39. The predicted octanol–water partition coefficient (Wildman–Crippen LogP) is 1.78. The van der Waals surface area contributed by atoms with E-state index in [4.69, 9.17) is 9.94 Å². The Balaban J connectivity index is 2.79. The van der Waals surface area contributed by atoms with Crippen LogP contribution in [0.5, 0.6) is 0 Å². The molecule has 18 heavy (non-hydrogen) atoms. The summed E-state index contributed by atoms with van der Waals surface area (Å²) in [5.41, 5.74) is 1.55. The predicted molar refractivity (Wildman–Crippen MR) is 68.9 cm³/mol. The van der Waals surface area contributed by atoms with E-state index >= 15 is 0 Å². The Morgan fingerprint density at radius 2 is 2.11 bits per heavy atom. The molecule has 0 radical (unpaired) electrons. The van der Waals surface area contributed by atoms with Crippen LogP contribution < -0.4 is 5.48 Å². The lowest BCUT2D eigenvalue weighted by molar-refractivity contribution is 0.0156. The minimum atomic E-state index is -0.519.